The molecule has 0 spiro atoms. The van der Waals surface area contributed by atoms with Crippen molar-refractivity contribution in [2.24, 2.45) is 0 Å². The first-order valence-corrected chi connectivity index (χ1v) is 6.61. The number of halogens is 1. The first-order valence-electron chi connectivity index (χ1n) is 5.82. The van der Waals surface area contributed by atoms with Crippen LogP contribution in [0.3, 0.4) is 0 Å². The molecule has 1 aromatic rings. The summed E-state index contributed by atoms with van der Waals surface area (Å²) in [5.41, 5.74) is 2.59. The lowest BCUT2D eigenvalue weighted by molar-refractivity contribution is 0.270. The highest BCUT2D eigenvalue weighted by molar-refractivity contribution is 9.10. The van der Waals surface area contributed by atoms with Crippen molar-refractivity contribution in [2.45, 2.75) is 19.8 Å². The number of rotatable bonds is 2. The molecule has 0 aromatic carbocycles. The van der Waals surface area contributed by atoms with E-state index in [0.29, 0.717) is 0 Å². The molecule has 1 aliphatic heterocycles. The highest BCUT2D eigenvalue weighted by Gasteiger charge is 2.11. The first-order chi connectivity index (χ1) is 7.78. The standard InChI is InChI=1S/C13H17BrN2/c1-2-16-8-6-11(7-9-16)10-12-4-3-5-13(14)15-12/h3-5,10H,2,6-9H2,1H3. The zero-order valence-electron chi connectivity index (χ0n) is 9.62. The van der Waals surface area contributed by atoms with Crippen molar-refractivity contribution in [3.05, 3.63) is 34.1 Å². The Hall–Kier alpha value is -0.670. The van der Waals surface area contributed by atoms with Gasteiger partial charge in [0.05, 0.1) is 5.69 Å². The average molecular weight is 281 g/mol. The van der Waals surface area contributed by atoms with Gasteiger partial charge in [-0.1, -0.05) is 18.6 Å². The van der Waals surface area contributed by atoms with Gasteiger partial charge in [0.15, 0.2) is 0 Å². The fourth-order valence-corrected chi connectivity index (χ4v) is 2.37. The quantitative estimate of drug-likeness (QED) is 0.773. The molecule has 2 rings (SSSR count). The molecule has 0 aliphatic carbocycles. The number of nitrogens with zero attached hydrogens (tertiary/aromatic N) is 2. The van der Waals surface area contributed by atoms with Crippen LogP contribution in [0.2, 0.25) is 0 Å². The number of hydrogen-bond acceptors (Lipinski definition) is 2. The van der Waals surface area contributed by atoms with E-state index in [-0.39, 0.29) is 0 Å². The van der Waals surface area contributed by atoms with Gasteiger partial charge in [-0.05, 0) is 53.5 Å². The lowest BCUT2D eigenvalue weighted by Gasteiger charge is -2.26. The maximum atomic E-state index is 4.43. The molecule has 0 saturated carbocycles. The van der Waals surface area contributed by atoms with Gasteiger partial charge in [-0.15, -0.1) is 0 Å². The molecule has 16 heavy (non-hydrogen) atoms. The number of likely N-dealkylation sites (tertiary alicyclic amines) is 1. The van der Waals surface area contributed by atoms with Crippen LogP contribution in [-0.4, -0.2) is 29.5 Å². The van der Waals surface area contributed by atoms with Crippen LogP contribution in [0.25, 0.3) is 6.08 Å². The molecule has 3 heteroatoms. The van der Waals surface area contributed by atoms with Crippen molar-refractivity contribution in [2.75, 3.05) is 19.6 Å². The van der Waals surface area contributed by atoms with Crippen LogP contribution in [-0.2, 0) is 0 Å². The summed E-state index contributed by atoms with van der Waals surface area (Å²) in [5.74, 6) is 0. The molecular weight excluding hydrogens is 264 g/mol. The van der Waals surface area contributed by atoms with E-state index in [1.54, 1.807) is 0 Å². The van der Waals surface area contributed by atoms with Crippen molar-refractivity contribution in [3.63, 3.8) is 0 Å². The van der Waals surface area contributed by atoms with Crippen molar-refractivity contribution in [3.8, 4) is 0 Å². The van der Waals surface area contributed by atoms with E-state index in [1.807, 2.05) is 12.1 Å². The molecule has 1 fully saturated rings. The normalized spacial score (nSPS) is 17.5. The number of piperidine rings is 1. The molecule has 2 nitrogen and oxygen atoms in total. The smallest absolute Gasteiger partial charge is 0.106 e. The van der Waals surface area contributed by atoms with Gasteiger partial charge in [0, 0.05) is 13.1 Å². The van der Waals surface area contributed by atoms with E-state index in [1.165, 1.54) is 38.0 Å². The highest BCUT2D eigenvalue weighted by Crippen LogP contribution is 2.19. The topological polar surface area (TPSA) is 16.1 Å². The van der Waals surface area contributed by atoms with E-state index in [0.717, 1.165) is 10.3 Å². The van der Waals surface area contributed by atoms with E-state index >= 15 is 0 Å². The fraction of sp³-hybridized carbons (Fsp3) is 0.462. The van der Waals surface area contributed by atoms with Gasteiger partial charge in [-0.2, -0.15) is 0 Å². The van der Waals surface area contributed by atoms with Crippen molar-refractivity contribution < 1.29 is 0 Å². The zero-order chi connectivity index (χ0) is 11.4. The predicted octanol–water partition coefficient (Wildman–Crippen LogP) is 3.34. The number of pyridine rings is 1. The lowest BCUT2D eigenvalue weighted by atomic mass is 10.0. The monoisotopic (exact) mass is 280 g/mol. The molecule has 0 unspecified atom stereocenters. The Bertz CT molecular complexity index is 377. The van der Waals surface area contributed by atoms with Crippen LogP contribution >= 0.6 is 15.9 Å². The maximum Gasteiger partial charge on any atom is 0.106 e. The minimum atomic E-state index is 0.910. The van der Waals surface area contributed by atoms with Crippen molar-refractivity contribution in [1.29, 1.82) is 0 Å². The fourth-order valence-electron chi connectivity index (χ4n) is 2.01. The van der Waals surface area contributed by atoms with Gasteiger partial charge >= 0.3 is 0 Å². The summed E-state index contributed by atoms with van der Waals surface area (Å²) >= 11 is 3.40. The summed E-state index contributed by atoms with van der Waals surface area (Å²) in [7, 11) is 0. The largest absolute Gasteiger partial charge is 0.303 e. The molecule has 0 radical (unpaired) electrons. The Balaban J connectivity index is 2.03. The summed E-state index contributed by atoms with van der Waals surface area (Å²) in [6.45, 7) is 5.78. The summed E-state index contributed by atoms with van der Waals surface area (Å²) < 4.78 is 0.910. The van der Waals surface area contributed by atoms with Gasteiger partial charge in [0.2, 0.25) is 0 Å². The minimum absolute atomic E-state index is 0.910. The maximum absolute atomic E-state index is 4.43. The van der Waals surface area contributed by atoms with Gasteiger partial charge in [-0.3, -0.25) is 0 Å². The molecule has 0 bridgehead atoms. The minimum Gasteiger partial charge on any atom is -0.303 e. The molecule has 1 saturated heterocycles. The second kappa shape index (κ2) is 5.60. The highest BCUT2D eigenvalue weighted by atomic mass is 79.9. The molecule has 0 N–H and O–H groups in total. The van der Waals surface area contributed by atoms with Crippen LogP contribution in [0.15, 0.2) is 28.4 Å². The third-order valence-corrected chi connectivity index (χ3v) is 3.48. The van der Waals surface area contributed by atoms with E-state index in [9.17, 15) is 0 Å². The Morgan fingerprint density at radius 3 is 2.75 bits per heavy atom. The van der Waals surface area contributed by atoms with Crippen molar-refractivity contribution >= 4 is 22.0 Å². The Morgan fingerprint density at radius 1 is 1.38 bits per heavy atom. The van der Waals surface area contributed by atoms with Crippen LogP contribution in [0.4, 0.5) is 0 Å². The Kier molecular flexibility index (Phi) is 4.13. The SMILES string of the molecule is CCN1CCC(=Cc2cccc(Br)n2)CC1. The molecular formula is C13H17BrN2. The van der Waals surface area contributed by atoms with Gasteiger partial charge < -0.3 is 4.90 Å². The van der Waals surface area contributed by atoms with Gasteiger partial charge in [0.1, 0.15) is 4.60 Å². The van der Waals surface area contributed by atoms with Crippen LogP contribution < -0.4 is 0 Å². The number of aromatic nitrogens is 1. The summed E-state index contributed by atoms with van der Waals surface area (Å²) in [6.07, 6.45) is 4.60. The van der Waals surface area contributed by atoms with Crippen LogP contribution in [0.5, 0.6) is 0 Å². The average Bonchev–Trinajstić information content (AvgIpc) is 2.30. The third kappa shape index (κ3) is 3.16. The molecule has 2 heterocycles. The third-order valence-electron chi connectivity index (χ3n) is 3.03. The molecule has 1 aromatic heterocycles. The van der Waals surface area contributed by atoms with Crippen LogP contribution in [0, 0.1) is 0 Å². The molecule has 0 atom stereocenters. The molecule has 0 amide bonds. The van der Waals surface area contributed by atoms with E-state index in [4.69, 9.17) is 0 Å². The first kappa shape index (κ1) is 11.8. The second-order valence-electron chi connectivity index (χ2n) is 4.12. The van der Waals surface area contributed by atoms with E-state index < -0.39 is 0 Å². The van der Waals surface area contributed by atoms with Crippen molar-refractivity contribution in [1.82, 2.24) is 9.88 Å². The Morgan fingerprint density at radius 2 is 2.12 bits per heavy atom. The van der Waals surface area contributed by atoms with Gasteiger partial charge in [-0.25, -0.2) is 4.98 Å². The van der Waals surface area contributed by atoms with Crippen LogP contribution in [0.1, 0.15) is 25.5 Å². The summed E-state index contributed by atoms with van der Waals surface area (Å²) in [4.78, 5) is 6.92. The van der Waals surface area contributed by atoms with E-state index in [2.05, 4.69) is 44.9 Å². The van der Waals surface area contributed by atoms with Gasteiger partial charge in [0.25, 0.3) is 0 Å². The second-order valence-corrected chi connectivity index (χ2v) is 4.93. The zero-order valence-corrected chi connectivity index (χ0v) is 11.2. The summed E-state index contributed by atoms with van der Waals surface area (Å²) in [6, 6.07) is 6.05. The Labute approximate surface area is 106 Å². The molecule has 1 aliphatic rings. The summed E-state index contributed by atoms with van der Waals surface area (Å²) in [5, 5.41) is 0. The molecule has 86 valence electrons. The number of hydrogen-bond donors (Lipinski definition) is 0. The lowest BCUT2D eigenvalue weighted by Crippen LogP contribution is -2.30. The predicted molar refractivity (Wildman–Crippen MR) is 71.3 cm³/mol.